The molecule has 0 fully saturated rings. The van der Waals surface area contributed by atoms with Gasteiger partial charge in [0.1, 0.15) is 4.60 Å². The predicted molar refractivity (Wildman–Crippen MR) is 46.0 cm³/mol. The third-order valence-corrected chi connectivity index (χ3v) is 1.88. The topological polar surface area (TPSA) is 36.7 Å². The third kappa shape index (κ3) is 2.02. The Bertz CT molecular complexity index is 290. The summed E-state index contributed by atoms with van der Waals surface area (Å²) in [5, 5.41) is 8.59. The first-order chi connectivity index (χ1) is 5.24. The summed E-state index contributed by atoms with van der Waals surface area (Å²) in [5.41, 5.74) is 0.995. The van der Waals surface area contributed by atoms with Crippen molar-refractivity contribution in [2.45, 2.75) is 12.8 Å². The van der Waals surface area contributed by atoms with E-state index in [0.29, 0.717) is 0 Å². The minimum atomic E-state index is -0.0608. The molecule has 1 aromatic heterocycles. The van der Waals surface area contributed by atoms with Crippen LogP contribution < -0.4 is 0 Å². The summed E-state index contributed by atoms with van der Waals surface area (Å²) in [6.45, 7) is 1.86. The van der Waals surface area contributed by atoms with Gasteiger partial charge in [-0.05, 0) is 40.5 Å². The lowest BCUT2D eigenvalue weighted by atomic mass is 10.1. The summed E-state index contributed by atoms with van der Waals surface area (Å²) in [6.07, 6.45) is 1.69. The number of pyridine rings is 1. The third-order valence-electron chi connectivity index (χ3n) is 1.44. The van der Waals surface area contributed by atoms with E-state index < -0.39 is 0 Å². The van der Waals surface area contributed by atoms with Crippen LogP contribution in [0.15, 0.2) is 22.9 Å². The van der Waals surface area contributed by atoms with Crippen LogP contribution in [0.1, 0.15) is 18.4 Å². The summed E-state index contributed by atoms with van der Waals surface area (Å²) < 4.78 is 0.775. The molecule has 3 heteroatoms. The summed E-state index contributed by atoms with van der Waals surface area (Å²) in [7, 11) is 0. The molecule has 1 rings (SSSR count). The molecule has 0 saturated heterocycles. The second kappa shape index (κ2) is 3.49. The van der Waals surface area contributed by atoms with Crippen LogP contribution in [-0.2, 0) is 0 Å². The molecular formula is C8H7BrN2. The SMILES string of the molecule is CC(C#N)c1ccnc(Br)c1. The smallest absolute Gasteiger partial charge is 0.106 e. The van der Waals surface area contributed by atoms with Crippen LogP contribution in [0.25, 0.3) is 0 Å². The van der Waals surface area contributed by atoms with Crippen molar-refractivity contribution in [3.63, 3.8) is 0 Å². The largest absolute Gasteiger partial charge is 0.249 e. The molecule has 0 aliphatic heterocycles. The molecule has 0 aliphatic carbocycles. The maximum absolute atomic E-state index is 8.59. The van der Waals surface area contributed by atoms with E-state index in [-0.39, 0.29) is 5.92 Å². The molecule has 1 aromatic rings. The number of halogens is 1. The highest BCUT2D eigenvalue weighted by atomic mass is 79.9. The number of aromatic nitrogens is 1. The van der Waals surface area contributed by atoms with E-state index in [0.717, 1.165) is 10.2 Å². The van der Waals surface area contributed by atoms with Crippen LogP contribution in [0.2, 0.25) is 0 Å². The van der Waals surface area contributed by atoms with Gasteiger partial charge in [-0.3, -0.25) is 0 Å². The van der Waals surface area contributed by atoms with E-state index in [9.17, 15) is 0 Å². The Balaban J connectivity index is 2.98. The van der Waals surface area contributed by atoms with Gasteiger partial charge < -0.3 is 0 Å². The van der Waals surface area contributed by atoms with Crippen molar-refractivity contribution in [3.05, 3.63) is 28.5 Å². The van der Waals surface area contributed by atoms with Crippen LogP contribution in [-0.4, -0.2) is 4.98 Å². The number of nitrogens with zero attached hydrogens (tertiary/aromatic N) is 2. The van der Waals surface area contributed by atoms with Crippen LogP contribution >= 0.6 is 15.9 Å². The highest BCUT2D eigenvalue weighted by Gasteiger charge is 2.02. The van der Waals surface area contributed by atoms with Crippen LogP contribution in [0.5, 0.6) is 0 Å². The van der Waals surface area contributed by atoms with Gasteiger partial charge in [0.15, 0.2) is 0 Å². The molecule has 56 valence electrons. The summed E-state index contributed by atoms with van der Waals surface area (Å²) in [6, 6.07) is 5.86. The number of hydrogen-bond donors (Lipinski definition) is 0. The first-order valence-electron chi connectivity index (χ1n) is 3.25. The molecular weight excluding hydrogens is 204 g/mol. The fourth-order valence-electron chi connectivity index (χ4n) is 0.761. The first-order valence-corrected chi connectivity index (χ1v) is 4.04. The Morgan fingerprint density at radius 3 is 3.00 bits per heavy atom. The molecule has 0 aliphatic rings. The lowest BCUT2D eigenvalue weighted by Crippen LogP contribution is -1.89. The van der Waals surface area contributed by atoms with Crippen molar-refractivity contribution in [3.8, 4) is 6.07 Å². The minimum Gasteiger partial charge on any atom is -0.249 e. The normalized spacial score (nSPS) is 12.1. The van der Waals surface area contributed by atoms with Gasteiger partial charge in [-0.2, -0.15) is 5.26 Å². The summed E-state index contributed by atoms with van der Waals surface area (Å²) in [4.78, 5) is 3.96. The monoisotopic (exact) mass is 210 g/mol. The Morgan fingerprint density at radius 2 is 2.45 bits per heavy atom. The Kier molecular flexibility index (Phi) is 2.61. The van der Waals surface area contributed by atoms with Crippen LogP contribution in [0.3, 0.4) is 0 Å². The maximum atomic E-state index is 8.59. The minimum absolute atomic E-state index is 0.0608. The van der Waals surface area contributed by atoms with Gasteiger partial charge in [-0.1, -0.05) is 0 Å². The van der Waals surface area contributed by atoms with E-state index >= 15 is 0 Å². The van der Waals surface area contributed by atoms with E-state index in [4.69, 9.17) is 5.26 Å². The Labute approximate surface area is 74.0 Å². The standard InChI is InChI=1S/C8H7BrN2/c1-6(5-10)7-2-3-11-8(9)4-7/h2-4,6H,1H3. The Hall–Kier alpha value is -0.880. The molecule has 1 heterocycles. The summed E-state index contributed by atoms with van der Waals surface area (Å²) in [5.74, 6) is -0.0608. The van der Waals surface area contributed by atoms with E-state index in [2.05, 4.69) is 27.0 Å². The molecule has 0 saturated carbocycles. The predicted octanol–water partition coefficient (Wildman–Crippen LogP) is 2.47. The molecule has 11 heavy (non-hydrogen) atoms. The second-order valence-corrected chi connectivity index (χ2v) is 3.08. The number of hydrogen-bond acceptors (Lipinski definition) is 2. The van der Waals surface area contributed by atoms with Crippen molar-refractivity contribution < 1.29 is 0 Å². The van der Waals surface area contributed by atoms with Crippen molar-refractivity contribution in [2.75, 3.05) is 0 Å². The van der Waals surface area contributed by atoms with Gasteiger partial charge in [0.2, 0.25) is 0 Å². The van der Waals surface area contributed by atoms with E-state index in [1.54, 1.807) is 6.20 Å². The Morgan fingerprint density at radius 1 is 1.73 bits per heavy atom. The van der Waals surface area contributed by atoms with Gasteiger partial charge in [0.05, 0.1) is 12.0 Å². The molecule has 0 spiro atoms. The molecule has 0 bridgehead atoms. The lowest BCUT2D eigenvalue weighted by molar-refractivity contribution is 0.971. The van der Waals surface area contributed by atoms with Crippen LogP contribution in [0.4, 0.5) is 0 Å². The quantitative estimate of drug-likeness (QED) is 0.669. The molecule has 1 atom stereocenters. The zero-order chi connectivity index (χ0) is 8.27. The highest BCUT2D eigenvalue weighted by molar-refractivity contribution is 9.10. The first kappa shape index (κ1) is 8.22. The molecule has 0 aromatic carbocycles. The van der Waals surface area contributed by atoms with Crippen molar-refractivity contribution in [2.24, 2.45) is 0 Å². The summed E-state index contributed by atoms with van der Waals surface area (Å²) >= 11 is 3.24. The average molecular weight is 211 g/mol. The van der Waals surface area contributed by atoms with Crippen molar-refractivity contribution >= 4 is 15.9 Å². The maximum Gasteiger partial charge on any atom is 0.106 e. The van der Waals surface area contributed by atoms with Gasteiger partial charge in [0, 0.05) is 6.20 Å². The highest BCUT2D eigenvalue weighted by Crippen LogP contribution is 2.16. The van der Waals surface area contributed by atoms with Crippen molar-refractivity contribution in [1.29, 1.82) is 5.26 Å². The molecule has 0 amide bonds. The number of nitriles is 1. The van der Waals surface area contributed by atoms with Crippen LogP contribution in [0, 0.1) is 11.3 Å². The van der Waals surface area contributed by atoms with E-state index in [1.807, 2.05) is 19.1 Å². The zero-order valence-corrected chi connectivity index (χ0v) is 7.67. The number of rotatable bonds is 1. The van der Waals surface area contributed by atoms with Gasteiger partial charge in [-0.25, -0.2) is 4.98 Å². The van der Waals surface area contributed by atoms with Gasteiger partial charge >= 0.3 is 0 Å². The lowest BCUT2D eigenvalue weighted by Gasteiger charge is -2.00. The molecule has 2 nitrogen and oxygen atoms in total. The van der Waals surface area contributed by atoms with E-state index in [1.165, 1.54) is 0 Å². The van der Waals surface area contributed by atoms with Gasteiger partial charge in [0.25, 0.3) is 0 Å². The van der Waals surface area contributed by atoms with Gasteiger partial charge in [-0.15, -0.1) is 0 Å². The fraction of sp³-hybridized carbons (Fsp3) is 0.250. The average Bonchev–Trinajstić information content (AvgIpc) is 2.03. The molecule has 1 unspecified atom stereocenters. The molecule has 0 radical (unpaired) electrons. The van der Waals surface area contributed by atoms with Crippen molar-refractivity contribution in [1.82, 2.24) is 4.98 Å². The fourth-order valence-corrected chi connectivity index (χ4v) is 1.14. The zero-order valence-electron chi connectivity index (χ0n) is 6.08. The molecule has 0 N–H and O–H groups in total. The second-order valence-electron chi connectivity index (χ2n) is 2.26.